The Kier molecular flexibility index (Phi) is 4.50. The molecular formula is C13H14O. The summed E-state index contributed by atoms with van der Waals surface area (Å²) in [6.45, 7) is 1.62. The van der Waals surface area contributed by atoms with Gasteiger partial charge in [-0.15, -0.1) is 0 Å². The average Bonchev–Trinajstić information content (AvgIpc) is 2.18. The minimum atomic E-state index is 0.242. The first-order valence-corrected chi connectivity index (χ1v) is 4.82. The van der Waals surface area contributed by atoms with Crippen LogP contribution in [-0.2, 0) is 4.79 Å². The lowest BCUT2D eigenvalue weighted by Gasteiger charge is -1.89. The van der Waals surface area contributed by atoms with Crippen LogP contribution in [0.2, 0.25) is 0 Å². The van der Waals surface area contributed by atoms with Crippen LogP contribution in [0.5, 0.6) is 0 Å². The first-order chi connectivity index (χ1) is 6.79. The molecule has 1 aromatic rings. The van der Waals surface area contributed by atoms with Crippen molar-refractivity contribution in [2.45, 2.75) is 26.2 Å². The van der Waals surface area contributed by atoms with Gasteiger partial charge >= 0.3 is 0 Å². The predicted molar refractivity (Wildman–Crippen MR) is 57.9 cm³/mol. The van der Waals surface area contributed by atoms with Gasteiger partial charge in [-0.05, 0) is 25.5 Å². The number of hydrogen-bond donors (Lipinski definition) is 0. The second-order valence-electron chi connectivity index (χ2n) is 3.22. The molecule has 0 bridgehead atoms. The van der Waals surface area contributed by atoms with Crippen molar-refractivity contribution in [3.8, 4) is 11.8 Å². The molecule has 0 aliphatic heterocycles. The first kappa shape index (κ1) is 10.5. The topological polar surface area (TPSA) is 17.1 Å². The summed E-state index contributed by atoms with van der Waals surface area (Å²) in [5, 5.41) is 0. The fourth-order valence-corrected chi connectivity index (χ4v) is 1.11. The third-order valence-electron chi connectivity index (χ3n) is 1.84. The molecule has 0 aliphatic carbocycles. The maximum Gasteiger partial charge on any atom is 0.129 e. The number of benzene rings is 1. The zero-order valence-corrected chi connectivity index (χ0v) is 8.42. The highest BCUT2D eigenvalue weighted by molar-refractivity contribution is 5.75. The Bertz CT molecular complexity index is 340. The Balaban J connectivity index is 2.31. The van der Waals surface area contributed by atoms with Crippen LogP contribution in [0.1, 0.15) is 31.7 Å². The standard InChI is InChI=1S/C13H14O/c1-12(14)8-4-2-5-9-13-10-6-3-7-11-13/h3,6-7,10-11H,2,4,8H2,1H3. The van der Waals surface area contributed by atoms with E-state index in [0.29, 0.717) is 6.42 Å². The summed E-state index contributed by atoms with van der Waals surface area (Å²) < 4.78 is 0. The quantitative estimate of drug-likeness (QED) is 0.524. The molecule has 0 spiro atoms. The second-order valence-corrected chi connectivity index (χ2v) is 3.22. The fourth-order valence-electron chi connectivity index (χ4n) is 1.11. The Morgan fingerprint density at radius 3 is 2.64 bits per heavy atom. The number of ketones is 1. The smallest absolute Gasteiger partial charge is 0.129 e. The molecule has 1 nitrogen and oxygen atoms in total. The molecule has 1 heteroatoms. The molecule has 0 fully saturated rings. The lowest BCUT2D eigenvalue weighted by Crippen LogP contribution is -1.87. The molecule has 1 rings (SSSR count). The summed E-state index contributed by atoms with van der Waals surface area (Å²) in [4.78, 5) is 10.6. The van der Waals surface area contributed by atoms with E-state index in [2.05, 4.69) is 11.8 Å². The van der Waals surface area contributed by atoms with E-state index < -0.39 is 0 Å². The summed E-state index contributed by atoms with van der Waals surface area (Å²) in [6.07, 6.45) is 2.31. The van der Waals surface area contributed by atoms with Crippen molar-refractivity contribution in [1.29, 1.82) is 0 Å². The summed E-state index contributed by atoms with van der Waals surface area (Å²) >= 11 is 0. The van der Waals surface area contributed by atoms with Crippen molar-refractivity contribution >= 4 is 5.78 Å². The third-order valence-corrected chi connectivity index (χ3v) is 1.84. The molecule has 0 radical (unpaired) electrons. The molecule has 14 heavy (non-hydrogen) atoms. The van der Waals surface area contributed by atoms with Gasteiger partial charge in [0.2, 0.25) is 0 Å². The van der Waals surface area contributed by atoms with Crippen LogP contribution in [0, 0.1) is 11.8 Å². The fraction of sp³-hybridized carbons (Fsp3) is 0.308. The normalized spacial score (nSPS) is 8.93. The van der Waals surface area contributed by atoms with Crippen LogP contribution in [0.25, 0.3) is 0 Å². The van der Waals surface area contributed by atoms with Crippen molar-refractivity contribution in [3.63, 3.8) is 0 Å². The SMILES string of the molecule is CC(=O)CCCC#Cc1ccccc1. The van der Waals surface area contributed by atoms with E-state index in [1.165, 1.54) is 0 Å². The number of carbonyl (C=O) groups is 1. The number of Topliss-reactive ketones (excluding diaryl/α,β-unsaturated/α-hetero) is 1. The maximum atomic E-state index is 10.6. The van der Waals surface area contributed by atoms with Gasteiger partial charge in [0.05, 0.1) is 0 Å². The Hall–Kier alpha value is -1.55. The first-order valence-electron chi connectivity index (χ1n) is 4.82. The largest absolute Gasteiger partial charge is 0.300 e. The number of unbranched alkanes of at least 4 members (excludes halogenated alkanes) is 1. The summed E-state index contributed by atoms with van der Waals surface area (Å²) in [5.74, 6) is 6.35. The lowest BCUT2D eigenvalue weighted by atomic mass is 10.2. The van der Waals surface area contributed by atoms with E-state index >= 15 is 0 Å². The zero-order chi connectivity index (χ0) is 10.2. The van der Waals surface area contributed by atoms with E-state index in [-0.39, 0.29) is 5.78 Å². The Labute approximate surface area is 85.1 Å². The minimum absolute atomic E-state index is 0.242. The molecule has 0 amide bonds. The molecule has 0 saturated carbocycles. The van der Waals surface area contributed by atoms with Gasteiger partial charge in [0, 0.05) is 18.4 Å². The van der Waals surface area contributed by atoms with Crippen molar-refractivity contribution in [2.24, 2.45) is 0 Å². The van der Waals surface area contributed by atoms with Crippen LogP contribution in [-0.4, -0.2) is 5.78 Å². The zero-order valence-electron chi connectivity index (χ0n) is 8.42. The third kappa shape index (κ3) is 4.47. The monoisotopic (exact) mass is 186 g/mol. The minimum Gasteiger partial charge on any atom is -0.300 e. The van der Waals surface area contributed by atoms with Gasteiger partial charge in [-0.1, -0.05) is 30.0 Å². The molecule has 0 atom stereocenters. The van der Waals surface area contributed by atoms with Crippen LogP contribution < -0.4 is 0 Å². The molecule has 0 aliphatic rings. The number of rotatable bonds is 3. The highest BCUT2D eigenvalue weighted by atomic mass is 16.1. The molecule has 0 saturated heterocycles. The van der Waals surface area contributed by atoms with Crippen molar-refractivity contribution in [2.75, 3.05) is 0 Å². The highest BCUT2D eigenvalue weighted by Gasteiger charge is 1.90. The number of carbonyl (C=O) groups excluding carboxylic acids is 1. The summed E-state index contributed by atoms with van der Waals surface area (Å²) in [7, 11) is 0. The van der Waals surface area contributed by atoms with Gasteiger partial charge in [-0.3, -0.25) is 0 Å². The van der Waals surface area contributed by atoms with E-state index in [1.54, 1.807) is 6.92 Å². The Morgan fingerprint density at radius 1 is 1.29 bits per heavy atom. The molecule has 0 heterocycles. The van der Waals surface area contributed by atoms with Gasteiger partial charge in [-0.2, -0.15) is 0 Å². The average molecular weight is 186 g/mol. The van der Waals surface area contributed by atoms with Crippen LogP contribution in [0.15, 0.2) is 30.3 Å². The van der Waals surface area contributed by atoms with E-state index in [1.807, 2.05) is 30.3 Å². The van der Waals surface area contributed by atoms with Gasteiger partial charge in [-0.25, -0.2) is 0 Å². The van der Waals surface area contributed by atoms with Gasteiger partial charge < -0.3 is 4.79 Å². The summed E-state index contributed by atoms with van der Waals surface area (Å²) in [5.41, 5.74) is 1.04. The van der Waals surface area contributed by atoms with Gasteiger partial charge in [0.25, 0.3) is 0 Å². The maximum absolute atomic E-state index is 10.6. The van der Waals surface area contributed by atoms with Crippen molar-refractivity contribution < 1.29 is 4.79 Å². The van der Waals surface area contributed by atoms with Crippen LogP contribution >= 0.6 is 0 Å². The predicted octanol–water partition coefficient (Wildman–Crippen LogP) is 2.80. The lowest BCUT2D eigenvalue weighted by molar-refractivity contribution is -0.117. The highest BCUT2D eigenvalue weighted by Crippen LogP contribution is 1.97. The van der Waals surface area contributed by atoms with E-state index in [0.717, 1.165) is 18.4 Å². The molecule has 1 aromatic carbocycles. The summed E-state index contributed by atoms with van der Waals surface area (Å²) in [6, 6.07) is 9.88. The molecule has 0 unspecified atom stereocenters. The van der Waals surface area contributed by atoms with Crippen molar-refractivity contribution in [3.05, 3.63) is 35.9 Å². The second kappa shape index (κ2) is 5.99. The van der Waals surface area contributed by atoms with E-state index in [9.17, 15) is 4.79 Å². The molecule has 0 N–H and O–H groups in total. The van der Waals surface area contributed by atoms with Gasteiger partial charge in [0.1, 0.15) is 5.78 Å². The molecule has 72 valence electrons. The van der Waals surface area contributed by atoms with Gasteiger partial charge in [0.15, 0.2) is 0 Å². The van der Waals surface area contributed by atoms with Crippen molar-refractivity contribution in [1.82, 2.24) is 0 Å². The number of hydrogen-bond acceptors (Lipinski definition) is 1. The van der Waals surface area contributed by atoms with E-state index in [4.69, 9.17) is 0 Å². The molecule has 0 aromatic heterocycles. The van der Waals surface area contributed by atoms with Crippen LogP contribution in [0.3, 0.4) is 0 Å². The van der Waals surface area contributed by atoms with Crippen LogP contribution in [0.4, 0.5) is 0 Å². The molecular weight excluding hydrogens is 172 g/mol. The Morgan fingerprint density at radius 2 is 2.00 bits per heavy atom.